The first-order chi connectivity index (χ1) is 13.8. The lowest BCUT2D eigenvalue weighted by atomic mass is 10.2. The van der Waals surface area contributed by atoms with E-state index in [2.05, 4.69) is 0 Å². The number of quaternary nitrogens is 1. The van der Waals surface area contributed by atoms with Crippen LogP contribution in [0.5, 0.6) is 0 Å². The summed E-state index contributed by atoms with van der Waals surface area (Å²) in [4.78, 5) is 28.2. The topological polar surface area (TPSA) is 71.1 Å². The van der Waals surface area contributed by atoms with E-state index in [1.165, 1.54) is 18.2 Å². The molecule has 2 aromatic carbocycles. The third-order valence-electron chi connectivity index (χ3n) is 4.98. The van der Waals surface area contributed by atoms with Gasteiger partial charge in [-0.2, -0.15) is 0 Å². The number of nitrogens with zero attached hydrogens (tertiary/aromatic N) is 3. The van der Waals surface area contributed by atoms with Crippen LogP contribution in [0.4, 0.5) is 15.8 Å². The molecule has 1 N–H and O–H groups in total. The summed E-state index contributed by atoms with van der Waals surface area (Å²) in [5.41, 5.74) is 1.46. The number of carbonyl (C=O) groups is 1. The van der Waals surface area contributed by atoms with Crippen LogP contribution in [0, 0.1) is 15.9 Å². The molecule has 0 radical (unpaired) electrons. The summed E-state index contributed by atoms with van der Waals surface area (Å²) in [5, 5.41) is 11.6. The molecule has 154 valence electrons. The van der Waals surface area contributed by atoms with Gasteiger partial charge in [-0.1, -0.05) is 23.7 Å². The Morgan fingerprint density at radius 2 is 1.83 bits per heavy atom. The summed E-state index contributed by atoms with van der Waals surface area (Å²) < 4.78 is 13.0. The van der Waals surface area contributed by atoms with E-state index in [9.17, 15) is 19.3 Å². The van der Waals surface area contributed by atoms with Crippen molar-refractivity contribution in [3.8, 4) is 0 Å². The summed E-state index contributed by atoms with van der Waals surface area (Å²) in [6.07, 6.45) is 0. The number of rotatable bonds is 6. The van der Waals surface area contributed by atoms with E-state index >= 15 is 0 Å². The molecule has 1 heterocycles. The second-order valence-electron chi connectivity index (χ2n) is 7.20. The van der Waals surface area contributed by atoms with Crippen LogP contribution < -0.4 is 9.80 Å². The van der Waals surface area contributed by atoms with Crippen molar-refractivity contribution >= 4 is 28.9 Å². The fraction of sp³-hybridized carbons (Fsp3) is 0.350. The van der Waals surface area contributed by atoms with Gasteiger partial charge in [-0.15, -0.1) is 0 Å². The molecule has 0 aliphatic carbocycles. The standard InChI is InChI=1S/C20H22ClFN4O3/c1-23(13-15-2-5-17(22)6-3-15)14-20(27)25-10-8-24(9-11-25)18-7-4-16(21)12-19(18)26(28)29/h2-7,12H,8-11,13-14H2,1H3/p+1. The Kier molecular flexibility index (Phi) is 6.66. The first kappa shape index (κ1) is 21.0. The molecule has 3 rings (SSSR count). The second kappa shape index (κ2) is 9.19. The van der Waals surface area contributed by atoms with Crippen LogP contribution in [0.25, 0.3) is 0 Å². The Balaban J connectivity index is 1.54. The SMILES string of the molecule is C[NH+](CC(=O)N1CCN(c2ccc(Cl)cc2[N+](=O)[O-])CC1)Cc1ccc(F)cc1. The zero-order chi connectivity index (χ0) is 21.0. The van der Waals surface area contributed by atoms with Crippen molar-refractivity contribution < 1.29 is 19.0 Å². The highest BCUT2D eigenvalue weighted by molar-refractivity contribution is 6.30. The van der Waals surface area contributed by atoms with Gasteiger partial charge in [0, 0.05) is 42.8 Å². The number of piperazine rings is 1. The Labute approximate surface area is 173 Å². The summed E-state index contributed by atoms with van der Waals surface area (Å²) in [6, 6.07) is 10.9. The van der Waals surface area contributed by atoms with E-state index in [1.54, 1.807) is 29.2 Å². The summed E-state index contributed by atoms with van der Waals surface area (Å²) in [5.74, 6) is -0.240. The molecule has 9 heteroatoms. The van der Waals surface area contributed by atoms with Crippen LogP contribution in [0.2, 0.25) is 5.02 Å². The van der Waals surface area contributed by atoms with Gasteiger partial charge in [0.25, 0.3) is 11.6 Å². The van der Waals surface area contributed by atoms with Crippen molar-refractivity contribution in [2.45, 2.75) is 6.54 Å². The molecular formula is C20H23ClFN4O3+. The predicted molar refractivity (Wildman–Crippen MR) is 109 cm³/mol. The van der Waals surface area contributed by atoms with E-state index in [0.717, 1.165) is 10.5 Å². The Hall–Kier alpha value is -2.71. The van der Waals surface area contributed by atoms with Gasteiger partial charge in [-0.25, -0.2) is 4.39 Å². The first-order valence-electron chi connectivity index (χ1n) is 9.36. The van der Waals surface area contributed by atoms with Gasteiger partial charge in [0.15, 0.2) is 6.54 Å². The monoisotopic (exact) mass is 421 g/mol. The van der Waals surface area contributed by atoms with Crippen LogP contribution in [0.1, 0.15) is 5.56 Å². The molecule has 29 heavy (non-hydrogen) atoms. The van der Waals surface area contributed by atoms with Crippen LogP contribution in [-0.2, 0) is 11.3 Å². The maximum atomic E-state index is 13.0. The van der Waals surface area contributed by atoms with E-state index in [-0.39, 0.29) is 17.4 Å². The highest BCUT2D eigenvalue weighted by Gasteiger charge is 2.27. The van der Waals surface area contributed by atoms with Crippen molar-refractivity contribution in [3.05, 3.63) is 69.0 Å². The van der Waals surface area contributed by atoms with E-state index in [0.29, 0.717) is 50.0 Å². The fourth-order valence-electron chi connectivity index (χ4n) is 3.49. The van der Waals surface area contributed by atoms with Gasteiger partial charge >= 0.3 is 0 Å². The molecule has 7 nitrogen and oxygen atoms in total. The average molecular weight is 422 g/mol. The van der Waals surface area contributed by atoms with Gasteiger partial charge < -0.3 is 14.7 Å². The molecular weight excluding hydrogens is 399 g/mol. The zero-order valence-electron chi connectivity index (χ0n) is 16.1. The van der Waals surface area contributed by atoms with Crippen LogP contribution in [0.3, 0.4) is 0 Å². The maximum absolute atomic E-state index is 13.0. The van der Waals surface area contributed by atoms with Crippen LogP contribution >= 0.6 is 11.6 Å². The van der Waals surface area contributed by atoms with E-state index in [4.69, 9.17) is 11.6 Å². The molecule has 1 aliphatic heterocycles. The van der Waals surface area contributed by atoms with Gasteiger partial charge in [-0.3, -0.25) is 14.9 Å². The van der Waals surface area contributed by atoms with Crippen LogP contribution in [-0.4, -0.2) is 55.5 Å². The van der Waals surface area contributed by atoms with Crippen LogP contribution in [0.15, 0.2) is 42.5 Å². The third-order valence-corrected chi connectivity index (χ3v) is 5.21. The van der Waals surface area contributed by atoms with Crippen molar-refractivity contribution in [3.63, 3.8) is 0 Å². The Morgan fingerprint density at radius 1 is 1.17 bits per heavy atom. The minimum absolute atomic E-state index is 0.0271. The quantitative estimate of drug-likeness (QED) is 0.570. The second-order valence-corrected chi connectivity index (χ2v) is 7.63. The number of hydrogen-bond donors (Lipinski definition) is 1. The summed E-state index contributed by atoms with van der Waals surface area (Å²) in [7, 11) is 1.93. The number of benzene rings is 2. The zero-order valence-corrected chi connectivity index (χ0v) is 16.9. The molecule has 0 aromatic heterocycles. The smallest absolute Gasteiger partial charge is 0.294 e. The van der Waals surface area contributed by atoms with Gasteiger partial charge in [0.2, 0.25) is 0 Å². The highest BCUT2D eigenvalue weighted by atomic mass is 35.5. The molecule has 2 aromatic rings. The van der Waals surface area contributed by atoms with E-state index < -0.39 is 4.92 Å². The number of nitrogens with one attached hydrogen (secondary N) is 1. The molecule has 1 unspecified atom stereocenters. The molecule has 1 aliphatic rings. The normalized spacial score (nSPS) is 15.3. The lowest BCUT2D eigenvalue weighted by Gasteiger charge is -2.36. The number of nitro benzene ring substituents is 1. The molecule has 1 amide bonds. The lowest BCUT2D eigenvalue weighted by molar-refractivity contribution is -0.885. The maximum Gasteiger partial charge on any atom is 0.294 e. The first-order valence-corrected chi connectivity index (χ1v) is 9.73. The third kappa shape index (κ3) is 5.42. The average Bonchev–Trinajstić information content (AvgIpc) is 2.69. The van der Waals surface area contributed by atoms with Crippen molar-refractivity contribution in [2.75, 3.05) is 44.7 Å². The number of halogens is 2. The molecule has 0 spiro atoms. The van der Waals surface area contributed by atoms with Gasteiger partial charge in [0.1, 0.15) is 18.0 Å². The predicted octanol–water partition coefficient (Wildman–Crippen LogP) is 1.75. The lowest BCUT2D eigenvalue weighted by Crippen LogP contribution is -3.09. The van der Waals surface area contributed by atoms with Crippen molar-refractivity contribution in [1.82, 2.24) is 4.90 Å². The molecule has 1 saturated heterocycles. The van der Waals surface area contributed by atoms with Gasteiger partial charge in [-0.05, 0) is 24.3 Å². The highest BCUT2D eigenvalue weighted by Crippen LogP contribution is 2.31. The minimum atomic E-state index is -0.438. The molecule has 0 saturated carbocycles. The number of anilines is 1. The minimum Gasteiger partial charge on any atom is -0.362 e. The molecule has 0 bridgehead atoms. The number of hydrogen-bond acceptors (Lipinski definition) is 4. The van der Waals surface area contributed by atoms with Crippen molar-refractivity contribution in [2.24, 2.45) is 0 Å². The fourth-order valence-corrected chi connectivity index (χ4v) is 3.66. The molecule has 1 fully saturated rings. The Bertz CT molecular complexity index is 886. The number of amides is 1. The summed E-state index contributed by atoms with van der Waals surface area (Å²) >= 11 is 5.88. The summed E-state index contributed by atoms with van der Waals surface area (Å²) in [6.45, 7) is 3.00. The number of nitro groups is 1. The molecule has 1 atom stereocenters. The number of likely N-dealkylation sites (N-methyl/N-ethyl adjacent to an activating group) is 1. The Morgan fingerprint density at radius 3 is 2.45 bits per heavy atom. The van der Waals surface area contributed by atoms with Gasteiger partial charge in [0.05, 0.1) is 12.0 Å². The van der Waals surface area contributed by atoms with Crippen molar-refractivity contribution in [1.29, 1.82) is 0 Å². The largest absolute Gasteiger partial charge is 0.362 e. The number of carbonyl (C=O) groups excluding carboxylic acids is 1. The van der Waals surface area contributed by atoms with E-state index in [1.807, 2.05) is 11.9 Å².